The number of thioether (sulfide) groups is 1. The van der Waals surface area contributed by atoms with Crippen molar-refractivity contribution in [1.29, 1.82) is 0 Å². The zero-order valence-corrected chi connectivity index (χ0v) is 13.5. The minimum Gasteiger partial charge on any atom is -0.396 e. The molecule has 0 bridgehead atoms. The first kappa shape index (κ1) is 16.7. The molecule has 1 aliphatic heterocycles. The van der Waals surface area contributed by atoms with Crippen molar-refractivity contribution in [3.05, 3.63) is 40.8 Å². The summed E-state index contributed by atoms with van der Waals surface area (Å²) in [5.41, 5.74) is 0.912. The molecular weight excluding hydrogens is 320 g/mol. The number of amides is 2. The summed E-state index contributed by atoms with van der Waals surface area (Å²) in [6.45, 7) is 0.299. The van der Waals surface area contributed by atoms with Crippen LogP contribution in [0.25, 0.3) is 6.08 Å². The second-order valence-electron chi connectivity index (χ2n) is 4.61. The van der Waals surface area contributed by atoms with E-state index in [-0.39, 0.29) is 25.0 Å². The molecule has 1 aromatic rings. The van der Waals surface area contributed by atoms with Gasteiger partial charge in [0.05, 0.1) is 4.91 Å². The number of thiocarbonyl (C=S) groups is 1. The fraction of sp³-hybridized carbons (Fsp3) is 0.267. The number of nitrogens with zero attached hydrogens (tertiary/aromatic N) is 1. The Balaban J connectivity index is 2.00. The molecule has 2 amide bonds. The third kappa shape index (κ3) is 4.40. The zero-order chi connectivity index (χ0) is 15.9. The average molecular weight is 336 g/mol. The number of benzene rings is 1. The lowest BCUT2D eigenvalue weighted by Gasteiger charge is -2.13. The lowest BCUT2D eigenvalue weighted by Crippen LogP contribution is -2.39. The third-order valence-corrected chi connectivity index (χ3v) is 4.31. The zero-order valence-electron chi connectivity index (χ0n) is 11.8. The molecule has 1 saturated heterocycles. The first-order chi connectivity index (χ1) is 10.6. The number of hydrogen-bond acceptors (Lipinski definition) is 5. The topological polar surface area (TPSA) is 69.6 Å². The third-order valence-electron chi connectivity index (χ3n) is 2.93. The van der Waals surface area contributed by atoms with Crippen molar-refractivity contribution in [2.24, 2.45) is 0 Å². The van der Waals surface area contributed by atoms with Crippen molar-refractivity contribution >= 4 is 46.2 Å². The predicted octanol–water partition coefficient (Wildman–Crippen LogP) is 1.39. The highest BCUT2D eigenvalue weighted by Gasteiger charge is 2.33. The van der Waals surface area contributed by atoms with Gasteiger partial charge < -0.3 is 10.4 Å². The quantitative estimate of drug-likeness (QED) is 0.467. The van der Waals surface area contributed by atoms with Gasteiger partial charge in [-0.3, -0.25) is 14.5 Å². The minimum absolute atomic E-state index is 0.0150. The Kier molecular flexibility index (Phi) is 6.11. The summed E-state index contributed by atoms with van der Waals surface area (Å²) in [7, 11) is 0. The summed E-state index contributed by atoms with van der Waals surface area (Å²) >= 11 is 6.37. The Bertz CT molecular complexity index is 602. The van der Waals surface area contributed by atoms with E-state index >= 15 is 0 Å². The van der Waals surface area contributed by atoms with E-state index in [0.29, 0.717) is 22.2 Å². The highest BCUT2D eigenvalue weighted by atomic mass is 32.2. The van der Waals surface area contributed by atoms with E-state index in [9.17, 15) is 9.59 Å². The second kappa shape index (κ2) is 8.07. The number of carbonyl (C=O) groups excluding carboxylic acids is 2. The van der Waals surface area contributed by atoms with Gasteiger partial charge in [0.25, 0.3) is 5.91 Å². The molecule has 116 valence electrons. The standard InChI is InChI=1S/C15H16N2O3S2/c18-8-4-7-16-13(19)10-17-14(20)12(22-15(17)21)9-11-5-2-1-3-6-11/h1-3,5-6,9,18H,4,7-8,10H2,(H,16,19)/b12-9-. The van der Waals surface area contributed by atoms with Crippen LogP contribution in [0.5, 0.6) is 0 Å². The van der Waals surface area contributed by atoms with E-state index in [4.69, 9.17) is 17.3 Å². The Morgan fingerprint density at radius 3 is 2.77 bits per heavy atom. The average Bonchev–Trinajstić information content (AvgIpc) is 2.76. The SMILES string of the molecule is O=C(CN1C(=O)/C(=C/c2ccccc2)SC1=S)NCCCO. The molecular formula is C15H16N2O3S2. The van der Waals surface area contributed by atoms with Crippen molar-refractivity contribution in [3.63, 3.8) is 0 Å². The maximum Gasteiger partial charge on any atom is 0.266 e. The van der Waals surface area contributed by atoms with Crippen LogP contribution in [0.1, 0.15) is 12.0 Å². The maximum atomic E-state index is 12.3. The molecule has 0 radical (unpaired) electrons. The molecule has 22 heavy (non-hydrogen) atoms. The smallest absolute Gasteiger partial charge is 0.266 e. The van der Waals surface area contributed by atoms with Gasteiger partial charge in [0.15, 0.2) is 0 Å². The fourth-order valence-corrected chi connectivity index (χ4v) is 3.10. The van der Waals surface area contributed by atoms with Gasteiger partial charge in [-0.05, 0) is 18.1 Å². The molecule has 2 rings (SSSR count). The predicted molar refractivity (Wildman–Crippen MR) is 91.0 cm³/mol. The van der Waals surface area contributed by atoms with Gasteiger partial charge in [0.1, 0.15) is 10.9 Å². The van der Waals surface area contributed by atoms with Crippen molar-refractivity contribution in [2.45, 2.75) is 6.42 Å². The highest BCUT2D eigenvalue weighted by molar-refractivity contribution is 8.26. The first-order valence-electron chi connectivity index (χ1n) is 6.80. The summed E-state index contributed by atoms with van der Waals surface area (Å²) in [5, 5.41) is 11.3. The molecule has 0 atom stereocenters. The van der Waals surface area contributed by atoms with Gasteiger partial charge in [-0.2, -0.15) is 0 Å². The molecule has 0 unspecified atom stereocenters. The van der Waals surface area contributed by atoms with Crippen molar-refractivity contribution in [2.75, 3.05) is 19.7 Å². The van der Waals surface area contributed by atoms with E-state index < -0.39 is 0 Å². The van der Waals surface area contributed by atoms with E-state index in [2.05, 4.69) is 5.32 Å². The van der Waals surface area contributed by atoms with Crippen LogP contribution < -0.4 is 5.32 Å². The molecule has 2 N–H and O–H groups in total. The number of nitrogens with one attached hydrogen (secondary N) is 1. The van der Waals surface area contributed by atoms with Crippen LogP contribution >= 0.6 is 24.0 Å². The Morgan fingerprint density at radius 1 is 1.36 bits per heavy atom. The summed E-state index contributed by atoms with van der Waals surface area (Å²) in [4.78, 5) is 25.9. The minimum atomic E-state index is -0.286. The maximum absolute atomic E-state index is 12.3. The number of hydrogen-bond donors (Lipinski definition) is 2. The Morgan fingerprint density at radius 2 is 2.09 bits per heavy atom. The second-order valence-corrected chi connectivity index (χ2v) is 6.28. The number of aliphatic hydroxyl groups excluding tert-OH is 1. The molecule has 0 aromatic heterocycles. The monoisotopic (exact) mass is 336 g/mol. The molecule has 1 aromatic carbocycles. The number of rotatable bonds is 6. The fourth-order valence-electron chi connectivity index (χ4n) is 1.84. The summed E-state index contributed by atoms with van der Waals surface area (Å²) in [6, 6.07) is 9.48. The first-order valence-corrected chi connectivity index (χ1v) is 8.02. The number of aliphatic hydroxyl groups is 1. The summed E-state index contributed by atoms with van der Waals surface area (Å²) in [5.74, 6) is -0.540. The normalized spacial score (nSPS) is 16.4. The van der Waals surface area contributed by atoms with Gasteiger partial charge in [0.2, 0.25) is 5.91 Å². The molecule has 0 spiro atoms. The van der Waals surface area contributed by atoms with E-state index in [1.165, 1.54) is 16.7 Å². The van der Waals surface area contributed by atoms with Gasteiger partial charge in [0, 0.05) is 13.2 Å². The van der Waals surface area contributed by atoms with E-state index in [0.717, 1.165) is 5.56 Å². The largest absolute Gasteiger partial charge is 0.396 e. The molecule has 1 heterocycles. The van der Waals surface area contributed by atoms with Crippen LogP contribution in [0, 0.1) is 0 Å². The van der Waals surface area contributed by atoms with Gasteiger partial charge in [-0.25, -0.2) is 0 Å². The number of carbonyl (C=O) groups is 2. The Hall–Kier alpha value is -1.70. The van der Waals surface area contributed by atoms with Crippen molar-refractivity contribution in [1.82, 2.24) is 10.2 Å². The van der Waals surface area contributed by atoms with Gasteiger partial charge >= 0.3 is 0 Å². The van der Waals surface area contributed by atoms with Crippen LogP contribution in [0.4, 0.5) is 0 Å². The van der Waals surface area contributed by atoms with Crippen LogP contribution in [0.15, 0.2) is 35.2 Å². The van der Waals surface area contributed by atoms with E-state index in [1.54, 1.807) is 6.08 Å². The molecule has 0 saturated carbocycles. The van der Waals surface area contributed by atoms with Crippen molar-refractivity contribution in [3.8, 4) is 0 Å². The molecule has 0 aliphatic carbocycles. The lowest BCUT2D eigenvalue weighted by molar-refractivity contribution is -0.128. The summed E-state index contributed by atoms with van der Waals surface area (Å²) < 4.78 is 0.379. The van der Waals surface area contributed by atoms with Gasteiger partial charge in [-0.15, -0.1) is 0 Å². The van der Waals surface area contributed by atoms with Crippen LogP contribution in [0.3, 0.4) is 0 Å². The van der Waals surface area contributed by atoms with Crippen LogP contribution in [-0.4, -0.2) is 45.8 Å². The molecule has 5 nitrogen and oxygen atoms in total. The van der Waals surface area contributed by atoms with Gasteiger partial charge in [-0.1, -0.05) is 54.3 Å². The van der Waals surface area contributed by atoms with Crippen LogP contribution in [-0.2, 0) is 9.59 Å². The highest BCUT2D eigenvalue weighted by Crippen LogP contribution is 2.32. The molecule has 7 heteroatoms. The van der Waals surface area contributed by atoms with E-state index in [1.807, 2.05) is 30.3 Å². The summed E-state index contributed by atoms with van der Waals surface area (Å²) in [6.07, 6.45) is 2.25. The van der Waals surface area contributed by atoms with Crippen molar-refractivity contribution < 1.29 is 14.7 Å². The molecule has 1 fully saturated rings. The molecule has 1 aliphatic rings. The Labute approximate surface area is 138 Å². The van der Waals surface area contributed by atoms with Crippen LogP contribution in [0.2, 0.25) is 0 Å². The lowest BCUT2D eigenvalue weighted by atomic mass is 10.2.